The Kier molecular flexibility index (Phi) is 4.79. The maximum atomic E-state index is 10.4. The Morgan fingerprint density at radius 1 is 1.22 bits per heavy atom. The first-order valence-electron chi connectivity index (χ1n) is 7.17. The highest BCUT2D eigenvalue weighted by atomic mass is 16.3. The first kappa shape index (κ1) is 13.6. The van der Waals surface area contributed by atoms with E-state index in [-0.39, 0.29) is 0 Å². The van der Waals surface area contributed by atoms with Crippen LogP contribution in [0.3, 0.4) is 0 Å². The van der Waals surface area contributed by atoms with E-state index in [1.807, 2.05) is 37.3 Å². The van der Waals surface area contributed by atoms with Gasteiger partial charge in [0.05, 0.1) is 5.60 Å². The zero-order chi connectivity index (χ0) is 12.8. The lowest BCUT2D eigenvalue weighted by Gasteiger charge is -2.24. The van der Waals surface area contributed by atoms with Gasteiger partial charge in [0.1, 0.15) is 0 Å². The summed E-state index contributed by atoms with van der Waals surface area (Å²) in [5.41, 5.74) is 0.218. The molecule has 1 unspecified atom stereocenters. The van der Waals surface area contributed by atoms with Crippen LogP contribution in [0.1, 0.15) is 44.6 Å². The van der Waals surface area contributed by atoms with Crippen molar-refractivity contribution < 1.29 is 5.11 Å². The minimum Gasteiger partial charge on any atom is -0.384 e. The van der Waals surface area contributed by atoms with Crippen molar-refractivity contribution in [3.63, 3.8) is 0 Å². The van der Waals surface area contributed by atoms with E-state index in [1.165, 1.54) is 32.1 Å². The fraction of sp³-hybridized carbons (Fsp3) is 0.625. The Labute approximate surface area is 110 Å². The minimum absolute atomic E-state index is 0.629. The van der Waals surface area contributed by atoms with Crippen molar-refractivity contribution in [3.8, 4) is 0 Å². The van der Waals surface area contributed by atoms with Crippen LogP contribution in [0.5, 0.6) is 0 Å². The third-order valence-corrected chi connectivity index (χ3v) is 4.07. The maximum Gasteiger partial charge on any atom is 0.0992 e. The van der Waals surface area contributed by atoms with E-state index in [2.05, 4.69) is 5.32 Å². The van der Waals surface area contributed by atoms with Gasteiger partial charge < -0.3 is 10.4 Å². The third kappa shape index (κ3) is 3.82. The summed E-state index contributed by atoms with van der Waals surface area (Å²) >= 11 is 0. The summed E-state index contributed by atoms with van der Waals surface area (Å²) in [7, 11) is 0. The Bertz CT molecular complexity index is 341. The van der Waals surface area contributed by atoms with Crippen molar-refractivity contribution in [3.05, 3.63) is 35.9 Å². The molecule has 1 aromatic rings. The van der Waals surface area contributed by atoms with Crippen molar-refractivity contribution in [2.45, 2.75) is 44.6 Å². The highest BCUT2D eigenvalue weighted by molar-refractivity contribution is 5.21. The number of nitrogens with one attached hydrogen (secondary N) is 1. The maximum absolute atomic E-state index is 10.4. The van der Waals surface area contributed by atoms with Crippen molar-refractivity contribution in [1.29, 1.82) is 0 Å². The average molecular weight is 247 g/mol. The summed E-state index contributed by atoms with van der Waals surface area (Å²) in [6.45, 7) is 3.53. The summed E-state index contributed by atoms with van der Waals surface area (Å²) in [4.78, 5) is 0. The fourth-order valence-electron chi connectivity index (χ4n) is 2.84. The molecule has 2 N–H and O–H groups in total. The molecule has 1 atom stereocenters. The lowest BCUT2D eigenvalue weighted by atomic mass is 9.96. The Hall–Kier alpha value is -0.860. The molecular weight excluding hydrogens is 222 g/mol. The van der Waals surface area contributed by atoms with Crippen LogP contribution in [0.15, 0.2) is 30.3 Å². The molecule has 0 spiro atoms. The number of aliphatic hydroxyl groups is 1. The number of rotatable bonds is 6. The van der Waals surface area contributed by atoms with Gasteiger partial charge in [-0.15, -0.1) is 0 Å². The zero-order valence-corrected chi connectivity index (χ0v) is 11.4. The van der Waals surface area contributed by atoms with Gasteiger partial charge in [0, 0.05) is 6.54 Å². The van der Waals surface area contributed by atoms with Crippen molar-refractivity contribution >= 4 is 0 Å². The van der Waals surface area contributed by atoms with Gasteiger partial charge >= 0.3 is 0 Å². The number of benzene rings is 1. The van der Waals surface area contributed by atoms with Gasteiger partial charge in [-0.05, 0) is 31.4 Å². The van der Waals surface area contributed by atoms with Crippen LogP contribution in [-0.2, 0) is 5.60 Å². The monoisotopic (exact) mass is 247 g/mol. The largest absolute Gasteiger partial charge is 0.384 e. The molecule has 0 bridgehead atoms. The Balaban J connectivity index is 1.71. The van der Waals surface area contributed by atoms with E-state index >= 15 is 0 Å². The summed E-state index contributed by atoms with van der Waals surface area (Å²) in [6, 6.07) is 9.90. The molecule has 1 aliphatic carbocycles. The molecule has 2 rings (SSSR count). The van der Waals surface area contributed by atoms with Gasteiger partial charge in [0.2, 0.25) is 0 Å². The number of hydrogen-bond acceptors (Lipinski definition) is 2. The third-order valence-electron chi connectivity index (χ3n) is 4.07. The van der Waals surface area contributed by atoms with Crippen LogP contribution in [0.2, 0.25) is 0 Å². The molecular formula is C16H25NO. The van der Waals surface area contributed by atoms with Crippen molar-refractivity contribution in [1.82, 2.24) is 5.32 Å². The van der Waals surface area contributed by atoms with Crippen LogP contribution in [-0.4, -0.2) is 18.2 Å². The smallest absolute Gasteiger partial charge is 0.0992 e. The van der Waals surface area contributed by atoms with Crippen LogP contribution in [0, 0.1) is 5.92 Å². The average Bonchev–Trinajstić information content (AvgIpc) is 2.89. The van der Waals surface area contributed by atoms with E-state index in [0.717, 1.165) is 18.0 Å². The molecule has 0 aromatic heterocycles. The van der Waals surface area contributed by atoms with E-state index in [0.29, 0.717) is 6.54 Å². The molecule has 18 heavy (non-hydrogen) atoms. The Morgan fingerprint density at radius 3 is 2.56 bits per heavy atom. The fourth-order valence-corrected chi connectivity index (χ4v) is 2.84. The predicted molar refractivity (Wildman–Crippen MR) is 75.5 cm³/mol. The molecule has 100 valence electrons. The van der Waals surface area contributed by atoms with Gasteiger partial charge in [0.15, 0.2) is 0 Å². The van der Waals surface area contributed by atoms with Gasteiger partial charge in [-0.25, -0.2) is 0 Å². The lowest BCUT2D eigenvalue weighted by Crippen LogP contribution is -2.36. The second kappa shape index (κ2) is 6.35. The van der Waals surface area contributed by atoms with Gasteiger partial charge in [-0.2, -0.15) is 0 Å². The van der Waals surface area contributed by atoms with E-state index in [1.54, 1.807) is 0 Å². The topological polar surface area (TPSA) is 32.3 Å². The van der Waals surface area contributed by atoms with Gasteiger partial charge in [-0.3, -0.25) is 0 Å². The quantitative estimate of drug-likeness (QED) is 0.757. The first-order chi connectivity index (χ1) is 8.68. The summed E-state index contributed by atoms with van der Waals surface area (Å²) < 4.78 is 0. The lowest BCUT2D eigenvalue weighted by molar-refractivity contribution is 0.0568. The molecule has 1 fully saturated rings. The summed E-state index contributed by atoms with van der Waals surface area (Å²) in [6.07, 6.45) is 6.87. The molecule has 0 amide bonds. The van der Waals surface area contributed by atoms with Gasteiger partial charge in [-0.1, -0.05) is 56.0 Å². The molecule has 0 heterocycles. The Morgan fingerprint density at radius 2 is 1.89 bits per heavy atom. The van der Waals surface area contributed by atoms with Crippen molar-refractivity contribution in [2.24, 2.45) is 5.92 Å². The molecule has 2 heteroatoms. The van der Waals surface area contributed by atoms with E-state index in [9.17, 15) is 5.11 Å². The van der Waals surface area contributed by atoms with Crippen LogP contribution in [0.4, 0.5) is 0 Å². The molecule has 0 radical (unpaired) electrons. The molecule has 0 aliphatic heterocycles. The standard InChI is InChI=1S/C16H25NO/c1-16(18,15-9-3-2-4-10-15)13-17-12-11-14-7-5-6-8-14/h2-4,9-10,14,17-18H,5-8,11-13H2,1H3. The molecule has 0 saturated heterocycles. The summed E-state index contributed by atoms with van der Waals surface area (Å²) in [5, 5.41) is 13.8. The normalized spacial score (nSPS) is 19.9. The van der Waals surface area contributed by atoms with Gasteiger partial charge in [0.25, 0.3) is 0 Å². The molecule has 1 aromatic carbocycles. The predicted octanol–water partition coefficient (Wildman–Crippen LogP) is 3.06. The highest BCUT2D eigenvalue weighted by Gasteiger charge is 2.22. The van der Waals surface area contributed by atoms with Crippen LogP contribution < -0.4 is 5.32 Å². The molecule has 2 nitrogen and oxygen atoms in total. The van der Waals surface area contributed by atoms with E-state index in [4.69, 9.17) is 0 Å². The van der Waals surface area contributed by atoms with Crippen LogP contribution in [0.25, 0.3) is 0 Å². The summed E-state index contributed by atoms with van der Waals surface area (Å²) in [5.74, 6) is 0.916. The second-order valence-electron chi connectivity index (χ2n) is 5.76. The first-order valence-corrected chi connectivity index (χ1v) is 7.17. The second-order valence-corrected chi connectivity index (χ2v) is 5.76. The molecule has 1 saturated carbocycles. The van der Waals surface area contributed by atoms with Crippen molar-refractivity contribution in [2.75, 3.05) is 13.1 Å². The molecule has 1 aliphatic rings. The highest BCUT2D eigenvalue weighted by Crippen LogP contribution is 2.27. The minimum atomic E-state index is -0.767. The zero-order valence-electron chi connectivity index (χ0n) is 11.4. The SMILES string of the molecule is CC(O)(CNCCC1CCCC1)c1ccccc1. The van der Waals surface area contributed by atoms with Crippen LogP contribution >= 0.6 is 0 Å². The van der Waals surface area contributed by atoms with E-state index < -0.39 is 5.60 Å². The number of hydrogen-bond donors (Lipinski definition) is 2.